The van der Waals surface area contributed by atoms with E-state index in [2.05, 4.69) is 0 Å². The van der Waals surface area contributed by atoms with Gasteiger partial charge in [-0.25, -0.2) is 0 Å². The summed E-state index contributed by atoms with van der Waals surface area (Å²) in [5.41, 5.74) is 0. The molecule has 0 aromatic carbocycles. The van der Waals surface area contributed by atoms with Crippen molar-refractivity contribution in [1.29, 1.82) is 0 Å². The fraction of sp³-hybridized carbons (Fsp3) is 1.00. The van der Waals surface area contributed by atoms with Gasteiger partial charge in [0, 0.05) is 6.61 Å². The van der Waals surface area contributed by atoms with E-state index in [-0.39, 0.29) is 25.7 Å². The van der Waals surface area contributed by atoms with Crippen LogP contribution in [-0.2, 0) is 9.47 Å². The number of ether oxygens (including phenoxy) is 2. The monoisotopic (exact) mass is 312 g/mol. The van der Waals surface area contributed by atoms with Gasteiger partial charge in [0.05, 0.1) is 32.4 Å². The molecule has 7 heteroatoms. The number of alkyl halides is 3. The van der Waals surface area contributed by atoms with Crippen LogP contribution in [0.5, 0.6) is 0 Å². The molecule has 0 radical (unpaired) electrons. The molecule has 0 aromatic rings. The topological polar surface area (TPSA) is 43.1 Å². The SMILES string of the molecule is O[C@H](COC[C@@H]1CCCO1)C[NH+]1CCC[C@@H](C(F)(F)F)C1. The second-order valence-corrected chi connectivity index (χ2v) is 6.12. The van der Waals surface area contributed by atoms with Crippen molar-refractivity contribution in [3.05, 3.63) is 0 Å². The van der Waals surface area contributed by atoms with E-state index in [4.69, 9.17) is 9.47 Å². The molecule has 2 N–H and O–H groups in total. The minimum Gasteiger partial charge on any atom is -0.385 e. The van der Waals surface area contributed by atoms with E-state index in [1.807, 2.05) is 0 Å². The molecule has 4 atom stereocenters. The van der Waals surface area contributed by atoms with Gasteiger partial charge in [-0.2, -0.15) is 13.2 Å². The Kier molecular flexibility index (Phi) is 6.28. The molecule has 1 unspecified atom stereocenters. The lowest BCUT2D eigenvalue weighted by Gasteiger charge is -2.32. The Bertz CT molecular complexity index is 308. The van der Waals surface area contributed by atoms with Gasteiger partial charge >= 0.3 is 6.18 Å². The van der Waals surface area contributed by atoms with Crippen LogP contribution in [0, 0.1) is 5.92 Å². The summed E-state index contributed by atoms with van der Waals surface area (Å²) in [6.07, 6.45) is -1.95. The molecule has 0 amide bonds. The number of rotatable bonds is 6. The Morgan fingerprint density at radius 1 is 1.29 bits per heavy atom. The standard InChI is InChI=1S/C14H24F3NO3/c15-14(16,17)11-3-1-5-18(7-11)8-12(19)9-20-10-13-4-2-6-21-13/h11-13,19H,1-10H2/p+1/t11-,12+,13+/m1/s1. The Morgan fingerprint density at radius 3 is 2.76 bits per heavy atom. The lowest BCUT2D eigenvalue weighted by atomic mass is 9.97. The van der Waals surface area contributed by atoms with Crippen molar-refractivity contribution in [2.45, 2.75) is 44.1 Å². The van der Waals surface area contributed by atoms with Crippen molar-refractivity contribution in [2.75, 3.05) is 39.5 Å². The van der Waals surface area contributed by atoms with E-state index >= 15 is 0 Å². The molecule has 2 aliphatic heterocycles. The second kappa shape index (κ2) is 7.76. The van der Waals surface area contributed by atoms with E-state index in [1.54, 1.807) is 0 Å². The molecule has 21 heavy (non-hydrogen) atoms. The highest BCUT2D eigenvalue weighted by Crippen LogP contribution is 2.29. The molecule has 2 fully saturated rings. The summed E-state index contributed by atoms with van der Waals surface area (Å²) >= 11 is 0. The third-order valence-electron chi connectivity index (χ3n) is 4.24. The highest BCUT2D eigenvalue weighted by atomic mass is 19.4. The quantitative estimate of drug-likeness (QED) is 0.746. The summed E-state index contributed by atoms with van der Waals surface area (Å²) in [6, 6.07) is 0. The molecule has 0 bridgehead atoms. The number of aliphatic hydroxyl groups excluding tert-OH is 1. The first-order valence-electron chi connectivity index (χ1n) is 7.73. The van der Waals surface area contributed by atoms with E-state index in [1.165, 1.54) is 0 Å². The van der Waals surface area contributed by atoms with Crippen LogP contribution in [0.1, 0.15) is 25.7 Å². The Labute approximate surface area is 123 Å². The van der Waals surface area contributed by atoms with Gasteiger partial charge < -0.3 is 19.5 Å². The van der Waals surface area contributed by atoms with Gasteiger partial charge in [0.1, 0.15) is 18.6 Å². The molecule has 0 spiro atoms. The smallest absolute Gasteiger partial charge is 0.385 e. The number of piperidine rings is 1. The van der Waals surface area contributed by atoms with Gasteiger partial charge in [0.2, 0.25) is 0 Å². The van der Waals surface area contributed by atoms with Crippen LogP contribution in [0.3, 0.4) is 0 Å². The predicted molar refractivity (Wildman–Crippen MR) is 70.1 cm³/mol. The third-order valence-corrected chi connectivity index (χ3v) is 4.24. The molecule has 2 rings (SSSR count). The highest BCUT2D eigenvalue weighted by molar-refractivity contribution is 4.70. The Morgan fingerprint density at radius 2 is 2.10 bits per heavy atom. The van der Waals surface area contributed by atoms with Gasteiger partial charge in [-0.05, 0) is 25.7 Å². The maximum Gasteiger partial charge on any atom is 0.397 e. The van der Waals surface area contributed by atoms with Gasteiger partial charge in [-0.3, -0.25) is 0 Å². The van der Waals surface area contributed by atoms with Crippen LogP contribution in [0.2, 0.25) is 0 Å². The summed E-state index contributed by atoms with van der Waals surface area (Å²) in [5.74, 6) is -1.23. The number of quaternary nitrogens is 1. The van der Waals surface area contributed by atoms with Crippen LogP contribution < -0.4 is 4.90 Å². The Hall–Kier alpha value is -0.370. The summed E-state index contributed by atoms with van der Waals surface area (Å²) in [7, 11) is 0. The van der Waals surface area contributed by atoms with Crippen LogP contribution in [0.4, 0.5) is 13.2 Å². The Balaban J connectivity index is 1.63. The molecule has 0 aliphatic carbocycles. The molecule has 2 heterocycles. The minimum absolute atomic E-state index is 0.0618. The number of nitrogens with one attached hydrogen (secondary N) is 1. The molecular weight excluding hydrogens is 287 g/mol. The fourth-order valence-corrected chi connectivity index (χ4v) is 3.12. The molecular formula is C14H25F3NO3+. The normalized spacial score (nSPS) is 32.3. The number of hydrogen-bond donors (Lipinski definition) is 2. The van der Waals surface area contributed by atoms with Crippen molar-refractivity contribution in [2.24, 2.45) is 5.92 Å². The molecule has 2 aliphatic rings. The average molecular weight is 312 g/mol. The number of likely N-dealkylation sites (tertiary alicyclic amines) is 1. The zero-order valence-electron chi connectivity index (χ0n) is 12.2. The van der Waals surface area contributed by atoms with Gasteiger partial charge in [0.25, 0.3) is 0 Å². The summed E-state index contributed by atoms with van der Waals surface area (Å²) in [5, 5.41) is 9.90. The van der Waals surface area contributed by atoms with Crippen LogP contribution in [-0.4, -0.2) is 62.9 Å². The van der Waals surface area contributed by atoms with Crippen LogP contribution in [0.15, 0.2) is 0 Å². The van der Waals surface area contributed by atoms with Crippen LogP contribution in [0.25, 0.3) is 0 Å². The van der Waals surface area contributed by atoms with Crippen molar-refractivity contribution in [1.82, 2.24) is 0 Å². The number of halogens is 3. The third kappa shape index (κ3) is 5.73. The molecule has 124 valence electrons. The molecule has 2 saturated heterocycles. The first kappa shape index (κ1) is 17.0. The largest absolute Gasteiger partial charge is 0.397 e. The number of aliphatic hydroxyl groups is 1. The highest BCUT2D eigenvalue weighted by Gasteiger charge is 2.44. The van der Waals surface area contributed by atoms with Crippen molar-refractivity contribution >= 4 is 0 Å². The lowest BCUT2D eigenvalue weighted by molar-refractivity contribution is -0.913. The maximum atomic E-state index is 12.7. The zero-order chi connectivity index (χ0) is 15.3. The van der Waals surface area contributed by atoms with E-state index < -0.39 is 18.2 Å². The van der Waals surface area contributed by atoms with E-state index in [0.29, 0.717) is 26.1 Å². The second-order valence-electron chi connectivity index (χ2n) is 6.12. The zero-order valence-corrected chi connectivity index (χ0v) is 12.2. The van der Waals surface area contributed by atoms with Gasteiger partial charge in [-0.15, -0.1) is 0 Å². The van der Waals surface area contributed by atoms with Crippen molar-refractivity contribution in [3.63, 3.8) is 0 Å². The van der Waals surface area contributed by atoms with Crippen LogP contribution >= 0.6 is 0 Å². The lowest BCUT2D eigenvalue weighted by Crippen LogP contribution is -3.15. The summed E-state index contributed by atoms with van der Waals surface area (Å²) < 4.78 is 48.9. The van der Waals surface area contributed by atoms with E-state index in [9.17, 15) is 18.3 Å². The maximum absolute atomic E-state index is 12.7. The molecule has 0 saturated carbocycles. The molecule has 4 nitrogen and oxygen atoms in total. The minimum atomic E-state index is -4.12. The predicted octanol–water partition coefficient (Wildman–Crippen LogP) is 0.400. The fourth-order valence-electron chi connectivity index (χ4n) is 3.12. The first-order chi connectivity index (χ1) is 9.95. The van der Waals surface area contributed by atoms with Crippen molar-refractivity contribution in [3.8, 4) is 0 Å². The van der Waals surface area contributed by atoms with Gasteiger partial charge in [-0.1, -0.05) is 0 Å². The summed E-state index contributed by atoms with van der Waals surface area (Å²) in [4.78, 5) is 0.816. The summed E-state index contributed by atoms with van der Waals surface area (Å²) in [6.45, 7) is 2.45. The number of hydrogen-bond acceptors (Lipinski definition) is 3. The first-order valence-corrected chi connectivity index (χ1v) is 7.73. The molecule has 0 aromatic heterocycles. The average Bonchev–Trinajstić information content (AvgIpc) is 2.91. The van der Waals surface area contributed by atoms with E-state index in [0.717, 1.165) is 24.3 Å². The van der Waals surface area contributed by atoms with Crippen molar-refractivity contribution < 1.29 is 32.7 Å². The van der Waals surface area contributed by atoms with Gasteiger partial charge in [0.15, 0.2) is 0 Å².